The molecule has 5 nitrogen and oxygen atoms in total. The second kappa shape index (κ2) is 7.51. The number of hydrogen-bond donors (Lipinski definition) is 1. The van der Waals surface area contributed by atoms with Crippen molar-refractivity contribution in [3.05, 3.63) is 35.0 Å². The molecular weight excluding hydrogens is 318 g/mol. The lowest BCUT2D eigenvalue weighted by Crippen LogP contribution is -2.34. The number of esters is 1. The van der Waals surface area contributed by atoms with E-state index in [-0.39, 0.29) is 18.3 Å². The van der Waals surface area contributed by atoms with Crippen molar-refractivity contribution < 1.29 is 19.1 Å². The van der Waals surface area contributed by atoms with Gasteiger partial charge in [0.15, 0.2) is 5.78 Å². The molecule has 0 saturated carbocycles. The first-order chi connectivity index (χ1) is 11.0. The summed E-state index contributed by atoms with van der Waals surface area (Å²) in [6, 6.07) is 5.30. The molecule has 0 fully saturated rings. The number of anilines is 1. The van der Waals surface area contributed by atoms with Crippen LogP contribution in [0.25, 0.3) is 0 Å². The third-order valence-electron chi connectivity index (χ3n) is 3.73. The molecular formula is C17H20ClNO4. The molecule has 0 aliphatic heterocycles. The van der Waals surface area contributed by atoms with E-state index >= 15 is 0 Å². The van der Waals surface area contributed by atoms with Gasteiger partial charge in [0.1, 0.15) is 11.7 Å². The Labute approximate surface area is 140 Å². The standard InChI is InChI=1S/C17H20ClNO4/c1-4-23-17(21)16-10(2)7-12(9-14(16)20)19-11-5-6-15(22-3)13(18)8-11/h5-6,8-10,16,19H,4,7H2,1-3H3/t10-,16+/m1/s1. The van der Waals surface area contributed by atoms with Crippen LogP contribution in [0.3, 0.4) is 0 Å². The zero-order valence-electron chi connectivity index (χ0n) is 13.4. The van der Waals surface area contributed by atoms with Gasteiger partial charge < -0.3 is 14.8 Å². The lowest BCUT2D eigenvalue weighted by molar-refractivity contribution is -0.152. The fraction of sp³-hybridized carbons (Fsp3) is 0.412. The van der Waals surface area contributed by atoms with Gasteiger partial charge in [-0.05, 0) is 37.5 Å². The Bertz CT molecular complexity index is 641. The molecule has 1 aromatic carbocycles. The molecule has 0 aromatic heterocycles. The van der Waals surface area contributed by atoms with E-state index in [1.165, 1.54) is 6.08 Å². The highest BCUT2D eigenvalue weighted by atomic mass is 35.5. The zero-order chi connectivity index (χ0) is 17.0. The van der Waals surface area contributed by atoms with Crippen LogP contribution in [-0.4, -0.2) is 25.5 Å². The summed E-state index contributed by atoms with van der Waals surface area (Å²) < 4.78 is 10.1. The number of carbonyl (C=O) groups excluding carboxylic acids is 2. The molecule has 1 aliphatic carbocycles. The maximum Gasteiger partial charge on any atom is 0.317 e. The molecule has 23 heavy (non-hydrogen) atoms. The molecule has 2 rings (SSSR count). The van der Waals surface area contributed by atoms with E-state index in [1.807, 2.05) is 13.0 Å². The smallest absolute Gasteiger partial charge is 0.317 e. The van der Waals surface area contributed by atoms with Crippen LogP contribution in [0.2, 0.25) is 5.02 Å². The summed E-state index contributed by atoms with van der Waals surface area (Å²) >= 11 is 6.09. The number of nitrogens with one attached hydrogen (secondary N) is 1. The highest BCUT2D eigenvalue weighted by Crippen LogP contribution is 2.31. The summed E-state index contributed by atoms with van der Waals surface area (Å²) in [6.45, 7) is 3.87. The van der Waals surface area contributed by atoms with E-state index in [9.17, 15) is 9.59 Å². The molecule has 1 N–H and O–H groups in total. The maximum atomic E-state index is 12.2. The van der Waals surface area contributed by atoms with E-state index in [0.29, 0.717) is 17.2 Å². The first-order valence-electron chi connectivity index (χ1n) is 7.47. The van der Waals surface area contributed by atoms with Crippen molar-refractivity contribution in [1.29, 1.82) is 0 Å². The fourth-order valence-electron chi connectivity index (χ4n) is 2.66. The Morgan fingerprint density at radius 1 is 1.43 bits per heavy atom. The summed E-state index contributed by atoms with van der Waals surface area (Å²) in [7, 11) is 1.55. The van der Waals surface area contributed by atoms with Crippen molar-refractivity contribution in [2.45, 2.75) is 20.3 Å². The van der Waals surface area contributed by atoms with Crippen LogP contribution in [0.15, 0.2) is 30.0 Å². The molecule has 1 aliphatic rings. The van der Waals surface area contributed by atoms with Gasteiger partial charge in [-0.15, -0.1) is 0 Å². The fourth-order valence-corrected chi connectivity index (χ4v) is 2.92. The number of carbonyl (C=O) groups is 2. The van der Waals surface area contributed by atoms with E-state index < -0.39 is 11.9 Å². The van der Waals surface area contributed by atoms with Crippen molar-refractivity contribution in [2.75, 3.05) is 19.0 Å². The second-order valence-corrected chi connectivity index (χ2v) is 5.86. The third-order valence-corrected chi connectivity index (χ3v) is 4.03. The monoisotopic (exact) mass is 337 g/mol. The minimum atomic E-state index is -0.722. The van der Waals surface area contributed by atoms with E-state index in [2.05, 4.69) is 5.32 Å². The van der Waals surface area contributed by atoms with E-state index in [1.54, 1.807) is 26.2 Å². The quantitative estimate of drug-likeness (QED) is 0.658. The van der Waals surface area contributed by atoms with Crippen LogP contribution < -0.4 is 10.1 Å². The Balaban J connectivity index is 2.13. The SMILES string of the molecule is CCOC(=O)[C@@H]1C(=O)C=C(Nc2ccc(OC)c(Cl)c2)C[C@H]1C. The average molecular weight is 338 g/mol. The number of methoxy groups -OCH3 is 1. The lowest BCUT2D eigenvalue weighted by Gasteiger charge is -2.26. The van der Waals surface area contributed by atoms with Crippen molar-refractivity contribution in [2.24, 2.45) is 11.8 Å². The Hall–Kier alpha value is -2.01. The zero-order valence-corrected chi connectivity index (χ0v) is 14.1. The number of halogens is 1. The molecule has 1 aromatic rings. The molecule has 0 unspecified atom stereocenters. The van der Waals surface area contributed by atoms with Gasteiger partial charge >= 0.3 is 5.97 Å². The predicted octanol–water partition coefficient (Wildman–Crippen LogP) is 3.43. The minimum absolute atomic E-state index is 0.122. The van der Waals surface area contributed by atoms with Gasteiger partial charge in [-0.2, -0.15) is 0 Å². The first-order valence-corrected chi connectivity index (χ1v) is 7.85. The van der Waals surface area contributed by atoms with Crippen LogP contribution in [0.1, 0.15) is 20.3 Å². The molecule has 124 valence electrons. The Kier molecular flexibility index (Phi) is 5.66. The van der Waals surface area contributed by atoms with Gasteiger partial charge in [-0.1, -0.05) is 18.5 Å². The maximum absolute atomic E-state index is 12.2. The molecule has 0 radical (unpaired) electrons. The Morgan fingerprint density at radius 2 is 2.17 bits per heavy atom. The van der Waals surface area contributed by atoms with Gasteiger partial charge in [0.05, 0.1) is 18.7 Å². The van der Waals surface area contributed by atoms with Crippen LogP contribution >= 0.6 is 11.6 Å². The number of benzene rings is 1. The van der Waals surface area contributed by atoms with Crippen LogP contribution in [0, 0.1) is 11.8 Å². The summed E-state index contributed by atoms with van der Waals surface area (Å²) in [5, 5.41) is 3.66. The number of allylic oxidation sites excluding steroid dienone is 2. The van der Waals surface area contributed by atoms with Gasteiger partial charge in [0.2, 0.25) is 0 Å². The van der Waals surface area contributed by atoms with Gasteiger partial charge in [-0.25, -0.2) is 0 Å². The number of hydrogen-bond acceptors (Lipinski definition) is 5. The predicted molar refractivity (Wildman–Crippen MR) is 88.6 cm³/mol. The molecule has 0 heterocycles. The number of rotatable bonds is 5. The normalized spacial score (nSPS) is 20.7. The van der Waals surface area contributed by atoms with Gasteiger partial charge in [0.25, 0.3) is 0 Å². The van der Waals surface area contributed by atoms with Crippen LogP contribution in [0.5, 0.6) is 5.75 Å². The highest BCUT2D eigenvalue weighted by Gasteiger charge is 2.36. The lowest BCUT2D eigenvalue weighted by atomic mass is 9.82. The molecule has 0 amide bonds. The molecule has 6 heteroatoms. The summed E-state index contributed by atoms with van der Waals surface area (Å²) in [4.78, 5) is 24.1. The van der Waals surface area contributed by atoms with Crippen molar-refractivity contribution in [3.63, 3.8) is 0 Å². The third kappa shape index (κ3) is 4.05. The number of ketones is 1. The van der Waals surface area contributed by atoms with E-state index in [4.69, 9.17) is 21.1 Å². The number of ether oxygens (including phenoxy) is 2. The van der Waals surface area contributed by atoms with Gasteiger partial charge in [-0.3, -0.25) is 9.59 Å². The molecule has 0 spiro atoms. The van der Waals surface area contributed by atoms with Gasteiger partial charge in [0, 0.05) is 17.5 Å². The van der Waals surface area contributed by atoms with E-state index in [0.717, 1.165) is 11.4 Å². The van der Waals surface area contributed by atoms with Crippen molar-refractivity contribution in [3.8, 4) is 5.75 Å². The minimum Gasteiger partial charge on any atom is -0.495 e. The summed E-state index contributed by atoms with van der Waals surface area (Å²) in [5.74, 6) is -0.943. The average Bonchev–Trinajstić information content (AvgIpc) is 2.47. The van der Waals surface area contributed by atoms with Crippen molar-refractivity contribution in [1.82, 2.24) is 0 Å². The largest absolute Gasteiger partial charge is 0.495 e. The molecule has 2 atom stereocenters. The molecule has 0 bridgehead atoms. The first kappa shape index (κ1) is 17.3. The highest BCUT2D eigenvalue weighted by molar-refractivity contribution is 6.32. The Morgan fingerprint density at radius 3 is 2.74 bits per heavy atom. The second-order valence-electron chi connectivity index (χ2n) is 5.46. The molecule has 0 saturated heterocycles. The van der Waals surface area contributed by atoms with Crippen LogP contribution in [0.4, 0.5) is 5.69 Å². The topological polar surface area (TPSA) is 64.6 Å². The summed E-state index contributed by atoms with van der Waals surface area (Å²) in [5.41, 5.74) is 1.51. The van der Waals surface area contributed by atoms with Crippen molar-refractivity contribution >= 4 is 29.0 Å². The summed E-state index contributed by atoms with van der Waals surface area (Å²) in [6.07, 6.45) is 2.05. The van der Waals surface area contributed by atoms with Crippen LogP contribution in [-0.2, 0) is 14.3 Å².